The van der Waals surface area contributed by atoms with E-state index in [1.165, 1.54) is 13.0 Å². The molecule has 3 rings (SSSR count). The van der Waals surface area contributed by atoms with Crippen molar-refractivity contribution in [3.8, 4) is 5.75 Å². The van der Waals surface area contributed by atoms with E-state index >= 15 is 0 Å². The van der Waals surface area contributed by atoms with Crippen molar-refractivity contribution in [2.45, 2.75) is 43.5 Å². The second kappa shape index (κ2) is 7.67. The molecule has 1 amide bonds. The van der Waals surface area contributed by atoms with E-state index in [4.69, 9.17) is 11.6 Å². The Labute approximate surface area is 165 Å². The van der Waals surface area contributed by atoms with E-state index in [1.807, 2.05) is 0 Å². The van der Waals surface area contributed by atoms with Crippen LogP contribution in [0.15, 0.2) is 23.1 Å². The Morgan fingerprint density at radius 3 is 2.68 bits per heavy atom. The number of carbonyl (C=O) groups excluding carboxylic acids is 1. The topological polar surface area (TPSA) is 101 Å². The zero-order valence-corrected chi connectivity index (χ0v) is 16.4. The average Bonchev–Trinajstić information content (AvgIpc) is 3.40. The van der Waals surface area contributed by atoms with Crippen LogP contribution in [0.25, 0.3) is 0 Å². The van der Waals surface area contributed by atoms with Crippen LogP contribution >= 0.6 is 11.6 Å². The van der Waals surface area contributed by atoms with Gasteiger partial charge in [0, 0.05) is 5.92 Å². The molecule has 1 saturated carbocycles. The first-order valence-electron chi connectivity index (χ1n) is 8.54. The summed E-state index contributed by atoms with van der Waals surface area (Å²) in [6.45, 7) is 1.07. The smallest absolute Gasteiger partial charge is 0.283 e. The normalized spacial score (nSPS) is 14.5. The predicted molar refractivity (Wildman–Crippen MR) is 98.6 cm³/mol. The van der Waals surface area contributed by atoms with Gasteiger partial charge in [0.1, 0.15) is 18.0 Å². The Balaban J connectivity index is 1.84. The predicted octanol–water partition coefficient (Wildman–Crippen LogP) is 3.49. The summed E-state index contributed by atoms with van der Waals surface area (Å²) in [4.78, 5) is 12.3. The van der Waals surface area contributed by atoms with Crippen LogP contribution in [0.4, 0.5) is 14.5 Å². The Kier molecular flexibility index (Phi) is 5.62. The molecule has 152 valence electrons. The van der Waals surface area contributed by atoms with Gasteiger partial charge in [-0.1, -0.05) is 18.5 Å². The second-order valence-electron chi connectivity index (χ2n) is 6.45. The number of amides is 1. The Morgan fingerprint density at radius 1 is 1.43 bits per heavy atom. The first kappa shape index (κ1) is 20.5. The van der Waals surface area contributed by atoms with Gasteiger partial charge in [-0.15, -0.1) is 0 Å². The minimum atomic E-state index is -3.53. The Bertz CT molecular complexity index is 1020. The molecule has 1 aromatic heterocycles. The third kappa shape index (κ3) is 4.12. The molecule has 7 nitrogen and oxygen atoms in total. The van der Waals surface area contributed by atoms with Crippen LogP contribution in [0, 0.1) is 0 Å². The van der Waals surface area contributed by atoms with Crippen LogP contribution in [0.3, 0.4) is 0 Å². The largest absolute Gasteiger partial charge is 0.506 e. The summed E-state index contributed by atoms with van der Waals surface area (Å²) in [6.07, 6.45) is -1.32. The van der Waals surface area contributed by atoms with Gasteiger partial charge in [0.25, 0.3) is 6.43 Å². The molecule has 0 radical (unpaired) electrons. The molecular weight excluding hydrogens is 416 g/mol. The Morgan fingerprint density at radius 2 is 2.11 bits per heavy atom. The van der Waals surface area contributed by atoms with E-state index in [0.717, 1.165) is 29.7 Å². The second-order valence-corrected chi connectivity index (χ2v) is 9.10. The molecule has 1 fully saturated rings. The van der Waals surface area contributed by atoms with Crippen molar-refractivity contribution in [2.24, 2.45) is 0 Å². The minimum absolute atomic E-state index is 0.0215. The van der Waals surface area contributed by atoms with Crippen molar-refractivity contribution in [3.05, 3.63) is 34.6 Å². The number of phenols is 1. The standard InChI is InChI=1S/C17H18ClF2N3O4S/c1-2-28(26,27)10-5-6-12(24)11(7-10)21-13(25)8-23-16(9-3-4-9)14(18)15(22-23)17(19)20/h5-7,9,17,24H,2-4,8H2,1H3,(H,21,25). The van der Waals surface area contributed by atoms with Crippen molar-refractivity contribution in [1.82, 2.24) is 9.78 Å². The van der Waals surface area contributed by atoms with E-state index in [0.29, 0.717) is 5.69 Å². The van der Waals surface area contributed by atoms with E-state index in [1.54, 1.807) is 0 Å². The number of halogens is 3. The summed E-state index contributed by atoms with van der Waals surface area (Å²) in [5.41, 5.74) is -0.284. The van der Waals surface area contributed by atoms with Gasteiger partial charge in [0.15, 0.2) is 9.84 Å². The molecule has 28 heavy (non-hydrogen) atoms. The van der Waals surface area contributed by atoms with Crippen LogP contribution < -0.4 is 5.32 Å². The lowest BCUT2D eigenvalue weighted by molar-refractivity contribution is -0.117. The quantitative estimate of drug-likeness (QED) is 0.651. The van der Waals surface area contributed by atoms with Crippen molar-refractivity contribution in [3.63, 3.8) is 0 Å². The summed E-state index contributed by atoms with van der Waals surface area (Å²) in [7, 11) is -3.53. The summed E-state index contributed by atoms with van der Waals surface area (Å²) in [5.74, 6) is -1.15. The highest BCUT2D eigenvalue weighted by Crippen LogP contribution is 2.45. The number of carbonyl (C=O) groups is 1. The number of alkyl halides is 2. The number of hydrogen-bond donors (Lipinski definition) is 2. The van der Waals surface area contributed by atoms with Crippen LogP contribution in [-0.2, 0) is 21.2 Å². The molecule has 0 spiro atoms. The molecule has 0 unspecified atom stereocenters. The van der Waals surface area contributed by atoms with Gasteiger partial charge in [-0.3, -0.25) is 9.48 Å². The number of aromatic nitrogens is 2. The number of nitrogens with zero attached hydrogens (tertiary/aromatic N) is 2. The number of sulfone groups is 1. The molecule has 11 heteroatoms. The minimum Gasteiger partial charge on any atom is -0.506 e. The highest BCUT2D eigenvalue weighted by atomic mass is 35.5. The third-order valence-corrected chi connectivity index (χ3v) is 6.52. The number of hydrogen-bond acceptors (Lipinski definition) is 5. The first-order valence-corrected chi connectivity index (χ1v) is 10.6. The maximum Gasteiger partial charge on any atom is 0.283 e. The van der Waals surface area contributed by atoms with Crippen molar-refractivity contribution < 1.29 is 27.1 Å². The summed E-state index contributed by atoms with van der Waals surface area (Å²) >= 11 is 6.01. The molecule has 1 aromatic carbocycles. The molecule has 2 N–H and O–H groups in total. The van der Waals surface area contributed by atoms with E-state index in [-0.39, 0.29) is 33.0 Å². The zero-order chi connectivity index (χ0) is 20.6. The fourth-order valence-electron chi connectivity index (χ4n) is 2.78. The van der Waals surface area contributed by atoms with Gasteiger partial charge < -0.3 is 10.4 Å². The molecule has 0 atom stereocenters. The van der Waals surface area contributed by atoms with Crippen LogP contribution in [0.5, 0.6) is 5.75 Å². The number of aromatic hydroxyl groups is 1. The average molecular weight is 434 g/mol. The molecular formula is C17H18ClF2N3O4S. The Hall–Kier alpha value is -2.20. The number of rotatable bonds is 7. The maximum absolute atomic E-state index is 13.1. The SMILES string of the molecule is CCS(=O)(=O)c1ccc(O)c(NC(=O)Cn2nc(C(F)F)c(Cl)c2C2CC2)c1. The van der Waals surface area contributed by atoms with E-state index < -0.39 is 34.4 Å². The van der Waals surface area contributed by atoms with Crippen LogP contribution in [0.1, 0.15) is 43.5 Å². The molecule has 0 aliphatic heterocycles. The lowest BCUT2D eigenvalue weighted by Crippen LogP contribution is -2.21. The highest BCUT2D eigenvalue weighted by Gasteiger charge is 2.34. The van der Waals surface area contributed by atoms with Gasteiger partial charge >= 0.3 is 0 Å². The number of nitrogens with one attached hydrogen (secondary N) is 1. The van der Waals surface area contributed by atoms with Crippen molar-refractivity contribution in [1.29, 1.82) is 0 Å². The van der Waals surface area contributed by atoms with E-state index in [2.05, 4.69) is 10.4 Å². The van der Waals surface area contributed by atoms with Gasteiger partial charge in [0.05, 0.1) is 27.1 Å². The maximum atomic E-state index is 13.1. The molecule has 1 heterocycles. The van der Waals surface area contributed by atoms with Crippen LogP contribution in [-0.4, -0.2) is 35.0 Å². The van der Waals surface area contributed by atoms with Gasteiger partial charge in [0.2, 0.25) is 5.91 Å². The fraction of sp³-hybridized carbons (Fsp3) is 0.412. The third-order valence-electron chi connectivity index (χ3n) is 4.40. The molecule has 1 aliphatic carbocycles. The van der Waals surface area contributed by atoms with Crippen molar-refractivity contribution >= 4 is 33.0 Å². The van der Waals surface area contributed by atoms with Gasteiger partial charge in [-0.25, -0.2) is 17.2 Å². The number of anilines is 1. The lowest BCUT2D eigenvalue weighted by Gasteiger charge is -2.11. The molecule has 0 saturated heterocycles. The number of phenolic OH excluding ortho intramolecular Hbond substituents is 1. The molecule has 1 aliphatic rings. The zero-order valence-electron chi connectivity index (χ0n) is 14.8. The first-order chi connectivity index (χ1) is 13.1. The van der Waals surface area contributed by atoms with E-state index in [9.17, 15) is 27.1 Å². The van der Waals surface area contributed by atoms with Crippen molar-refractivity contribution in [2.75, 3.05) is 11.1 Å². The molecule has 0 bridgehead atoms. The molecule has 2 aromatic rings. The van der Waals surface area contributed by atoms with Gasteiger partial charge in [-0.05, 0) is 31.0 Å². The van der Waals surface area contributed by atoms with Gasteiger partial charge in [-0.2, -0.15) is 5.10 Å². The lowest BCUT2D eigenvalue weighted by atomic mass is 10.2. The summed E-state index contributed by atoms with van der Waals surface area (Å²) in [6, 6.07) is 3.54. The fourth-order valence-corrected chi connectivity index (χ4v) is 4.06. The monoisotopic (exact) mass is 433 g/mol. The van der Waals surface area contributed by atoms with Crippen LogP contribution in [0.2, 0.25) is 5.02 Å². The summed E-state index contributed by atoms with van der Waals surface area (Å²) in [5, 5.41) is 15.9. The summed E-state index contributed by atoms with van der Waals surface area (Å²) < 4.78 is 51.3. The highest BCUT2D eigenvalue weighted by molar-refractivity contribution is 7.91. The number of benzene rings is 1.